The van der Waals surface area contributed by atoms with Gasteiger partial charge >= 0.3 is 0 Å². The maximum atomic E-state index is 12.1. The molecule has 0 bridgehead atoms. The van der Waals surface area contributed by atoms with E-state index in [9.17, 15) is 4.79 Å². The number of carbonyl (C=O) groups is 1. The molecule has 0 aliphatic carbocycles. The van der Waals surface area contributed by atoms with Gasteiger partial charge in [-0.2, -0.15) is 5.10 Å². The van der Waals surface area contributed by atoms with E-state index in [4.69, 9.17) is 16.6 Å². The third kappa shape index (κ3) is 3.35. The Bertz CT molecular complexity index is 845. The first-order valence-corrected chi connectivity index (χ1v) is 9.34. The minimum Gasteiger partial charge on any atom is -0.399 e. The number of hydrogen-bond acceptors (Lipinski definition) is 5. The molecule has 0 fully saturated rings. The third-order valence-corrected chi connectivity index (χ3v) is 5.15. The van der Waals surface area contributed by atoms with Gasteiger partial charge in [-0.1, -0.05) is 12.1 Å². The van der Waals surface area contributed by atoms with Crippen LogP contribution in [0.3, 0.4) is 0 Å². The Morgan fingerprint density at radius 1 is 1.24 bits per heavy atom. The molecule has 0 saturated carbocycles. The molecule has 3 rings (SSSR count). The molecule has 130 valence electrons. The second-order valence-corrected chi connectivity index (χ2v) is 7.09. The quantitative estimate of drug-likeness (QED) is 0.641. The van der Waals surface area contributed by atoms with Crippen molar-refractivity contribution < 1.29 is 4.79 Å². The summed E-state index contributed by atoms with van der Waals surface area (Å²) in [7, 11) is 0. The predicted molar refractivity (Wildman–Crippen MR) is 105 cm³/mol. The number of rotatable bonds is 2. The van der Waals surface area contributed by atoms with Gasteiger partial charge in [0, 0.05) is 34.3 Å². The van der Waals surface area contributed by atoms with Crippen molar-refractivity contribution in [1.82, 2.24) is 5.01 Å². The molecular formula is C19H22N4OS. The van der Waals surface area contributed by atoms with Crippen LogP contribution in [0.2, 0.25) is 0 Å². The van der Waals surface area contributed by atoms with Gasteiger partial charge in [0.1, 0.15) is 0 Å². The van der Waals surface area contributed by atoms with Gasteiger partial charge in [0.15, 0.2) is 0 Å². The lowest BCUT2D eigenvalue weighted by atomic mass is 9.94. The first-order valence-electron chi connectivity index (χ1n) is 8.11. The summed E-state index contributed by atoms with van der Waals surface area (Å²) in [5.74, 6) is -0.0775. The summed E-state index contributed by atoms with van der Waals surface area (Å²) >= 11 is 1.62. The standard InChI is InChI=1S/C19H22N4OS/c1-11-8-14-9-18(25-3)17(21)10-16(14)19(22-23(11)12(2)24)13-4-6-15(20)7-5-13/h4-7,9-11H,8,20-21H2,1-3H3. The van der Waals surface area contributed by atoms with Gasteiger partial charge in [0.25, 0.3) is 0 Å². The van der Waals surface area contributed by atoms with Gasteiger partial charge in [-0.05, 0) is 49.4 Å². The second kappa shape index (κ2) is 6.80. The molecule has 1 amide bonds. The zero-order chi connectivity index (χ0) is 18.1. The van der Waals surface area contributed by atoms with Crippen molar-refractivity contribution in [2.24, 2.45) is 5.10 Å². The molecule has 1 atom stereocenters. The fourth-order valence-corrected chi connectivity index (χ4v) is 3.66. The van der Waals surface area contributed by atoms with Crippen LogP contribution in [0.4, 0.5) is 11.4 Å². The van der Waals surface area contributed by atoms with Crippen LogP contribution < -0.4 is 11.5 Å². The average Bonchev–Trinajstić information content (AvgIpc) is 2.71. The van der Waals surface area contributed by atoms with E-state index in [1.807, 2.05) is 43.5 Å². The molecule has 1 heterocycles. The summed E-state index contributed by atoms with van der Waals surface area (Å²) in [5.41, 5.74) is 17.2. The summed E-state index contributed by atoms with van der Waals surface area (Å²) in [6, 6.07) is 11.6. The molecule has 25 heavy (non-hydrogen) atoms. The van der Waals surface area contributed by atoms with E-state index < -0.39 is 0 Å². The zero-order valence-electron chi connectivity index (χ0n) is 14.6. The lowest BCUT2D eigenvalue weighted by Crippen LogP contribution is -2.33. The Kier molecular flexibility index (Phi) is 4.72. The number of nitrogens with zero attached hydrogens (tertiary/aromatic N) is 2. The molecule has 5 nitrogen and oxygen atoms in total. The number of amides is 1. The largest absolute Gasteiger partial charge is 0.399 e. The number of carbonyl (C=O) groups excluding carboxylic acids is 1. The van der Waals surface area contributed by atoms with Gasteiger partial charge < -0.3 is 11.5 Å². The van der Waals surface area contributed by atoms with Crippen LogP contribution in [0.5, 0.6) is 0 Å². The highest BCUT2D eigenvalue weighted by atomic mass is 32.2. The number of hydrazone groups is 1. The normalized spacial score (nSPS) is 16.8. The highest BCUT2D eigenvalue weighted by Gasteiger charge is 2.26. The van der Waals surface area contributed by atoms with E-state index >= 15 is 0 Å². The number of anilines is 2. The van der Waals surface area contributed by atoms with E-state index in [-0.39, 0.29) is 11.9 Å². The van der Waals surface area contributed by atoms with Crippen LogP contribution in [0, 0.1) is 0 Å². The molecule has 2 aromatic carbocycles. The zero-order valence-corrected chi connectivity index (χ0v) is 15.4. The fraction of sp³-hybridized carbons (Fsp3) is 0.263. The van der Waals surface area contributed by atoms with Crippen molar-refractivity contribution >= 4 is 34.8 Å². The van der Waals surface area contributed by atoms with Crippen molar-refractivity contribution in [2.45, 2.75) is 31.2 Å². The van der Waals surface area contributed by atoms with E-state index in [2.05, 4.69) is 6.07 Å². The molecule has 0 spiro atoms. The van der Waals surface area contributed by atoms with E-state index in [1.54, 1.807) is 16.8 Å². The molecule has 0 aromatic heterocycles. The summed E-state index contributed by atoms with van der Waals surface area (Å²) < 4.78 is 0. The maximum Gasteiger partial charge on any atom is 0.239 e. The van der Waals surface area contributed by atoms with Crippen LogP contribution in [0.1, 0.15) is 30.5 Å². The van der Waals surface area contributed by atoms with Crippen molar-refractivity contribution in [3.8, 4) is 0 Å². The van der Waals surface area contributed by atoms with Crippen molar-refractivity contribution in [1.29, 1.82) is 0 Å². The number of benzene rings is 2. The average molecular weight is 354 g/mol. The van der Waals surface area contributed by atoms with Crippen molar-refractivity contribution in [3.63, 3.8) is 0 Å². The number of nitrogen functional groups attached to an aromatic ring is 2. The minimum absolute atomic E-state index is 0.0270. The topological polar surface area (TPSA) is 84.7 Å². The highest BCUT2D eigenvalue weighted by molar-refractivity contribution is 7.98. The van der Waals surface area contributed by atoms with Gasteiger partial charge in [-0.25, -0.2) is 5.01 Å². The Hall–Kier alpha value is -2.47. The molecule has 1 unspecified atom stereocenters. The summed E-state index contributed by atoms with van der Waals surface area (Å²) in [4.78, 5) is 13.1. The lowest BCUT2D eigenvalue weighted by Gasteiger charge is -2.21. The van der Waals surface area contributed by atoms with Gasteiger partial charge in [-0.15, -0.1) is 11.8 Å². The lowest BCUT2D eigenvalue weighted by molar-refractivity contribution is -0.130. The summed E-state index contributed by atoms with van der Waals surface area (Å²) in [6.07, 6.45) is 2.74. The monoisotopic (exact) mass is 354 g/mol. The first kappa shape index (κ1) is 17.4. The summed E-state index contributed by atoms with van der Waals surface area (Å²) in [6.45, 7) is 3.55. The molecular weight excluding hydrogens is 332 g/mol. The first-order chi connectivity index (χ1) is 11.9. The Morgan fingerprint density at radius 3 is 2.52 bits per heavy atom. The Balaban J connectivity index is 2.24. The summed E-state index contributed by atoms with van der Waals surface area (Å²) in [5, 5.41) is 6.25. The fourth-order valence-electron chi connectivity index (χ4n) is 3.10. The van der Waals surface area contributed by atoms with Crippen LogP contribution in [0.15, 0.2) is 46.4 Å². The van der Waals surface area contributed by atoms with Crippen molar-refractivity contribution in [2.75, 3.05) is 17.7 Å². The Labute approximate surface area is 152 Å². The Morgan fingerprint density at radius 2 is 1.92 bits per heavy atom. The highest BCUT2D eigenvalue weighted by Crippen LogP contribution is 2.31. The molecule has 2 aromatic rings. The number of hydrogen-bond donors (Lipinski definition) is 2. The van der Waals surface area contributed by atoms with E-state index in [0.717, 1.165) is 39.4 Å². The van der Waals surface area contributed by atoms with Gasteiger partial charge in [0.2, 0.25) is 5.91 Å². The molecule has 4 N–H and O–H groups in total. The second-order valence-electron chi connectivity index (χ2n) is 6.24. The minimum atomic E-state index is -0.0775. The van der Waals surface area contributed by atoms with Crippen molar-refractivity contribution in [3.05, 3.63) is 53.1 Å². The SMILES string of the molecule is CSc1cc2c(cc1N)C(c1ccc(N)cc1)=NN(C(C)=O)C(C)C2. The third-order valence-electron chi connectivity index (χ3n) is 4.36. The van der Waals surface area contributed by atoms with Gasteiger partial charge in [0.05, 0.1) is 11.8 Å². The van der Waals surface area contributed by atoms with Crippen LogP contribution in [-0.2, 0) is 11.2 Å². The molecule has 6 heteroatoms. The number of fused-ring (bicyclic) bond motifs is 1. The predicted octanol–water partition coefficient (Wildman–Crippen LogP) is 3.12. The number of nitrogens with two attached hydrogens (primary N) is 2. The van der Waals surface area contributed by atoms with Crippen LogP contribution >= 0.6 is 11.8 Å². The smallest absolute Gasteiger partial charge is 0.239 e. The van der Waals surface area contributed by atoms with Crippen LogP contribution in [-0.4, -0.2) is 28.9 Å². The van der Waals surface area contributed by atoms with E-state index in [1.165, 1.54) is 6.92 Å². The van der Waals surface area contributed by atoms with Gasteiger partial charge in [-0.3, -0.25) is 4.79 Å². The molecule has 0 radical (unpaired) electrons. The molecule has 0 saturated heterocycles. The van der Waals surface area contributed by atoms with E-state index in [0.29, 0.717) is 5.69 Å². The maximum absolute atomic E-state index is 12.1. The molecule has 1 aliphatic heterocycles. The van der Waals surface area contributed by atoms with Crippen LogP contribution in [0.25, 0.3) is 0 Å². The number of thioether (sulfide) groups is 1. The molecule has 1 aliphatic rings.